The van der Waals surface area contributed by atoms with Gasteiger partial charge in [-0.15, -0.1) is 12.4 Å². The number of carbonyl (C=O) groups excluding carboxylic acids is 2. The summed E-state index contributed by atoms with van der Waals surface area (Å²) in [4.78, 5) is 25.2. The monoisotopic (exact) mass is 308 g/mol. The minimum atomic E-state index is -0.521. The van der Waals surface area contributed by atoms with Gasteiger partial charge in [-0.2, -0.15) is 0 Å². The smallest absolute Gasteiger partial charge is 0.410 e. The van der Waals surface area contributed by atoms with Crippen LogP contribution in [0.15, 0.2) is 0 Å². The Hall–Kier alpha value is -1.01. The fourth-order valence-corrected chi connectivity index (χ4v) is 2.08. The molecule has 0 aliphatic carbocycles. The Bertz CT molecular complexity index is 344. The van der Waals surface area contributed by atoms with E-state index in [9.17, 15) is 9.59 Å². The summed E-state index contributed by atoms with van der Waals surface area (Å²) in [5.74, 6) is -0.657. The third kappa shape index (κ3) is 5.54. The number of likely N-dealkylation sites (tertiary alicyclic amines) is 1. The zero-order valence-corrected chi connectivity index (χ0v) is 13.4. The van der Waals surface area contributed by atoms with Crippen molar-refractivity contribution in [2.75, 3.05) is 20.2 Å². The Morgan fingerprint density at radius 3 is 2.25 bits per heavy atom. The Morgan fingerprint density at radius 2 is 1.75 bits per heavy atom. The van der Waals surface area contributed by atoms with E-state index in [2.05, 4.69) is 0 Å². The van der Waals surface area contributed by atoms with E-state index in [-0.39, 0.29) is 36.4 Å². The van der Waals surface area contributed by atoms with Crippen molar-refractivity contribution < 1.29 is 19.1 Å². The number of nitrogens with zero attached hydrogens (tertiary/aromatic N) is 1. The maximum absolute atomic E-state index is 12.0. The SMILES string of the molecule is COC(=O)C1CCN(C(=O)OC(C)(C)C)CCC1N.Cl. The lowest BCUT2D eigenvalue weighted by atomic mass is 9.96. The maximum atomic E-state index is 12.0. The van der Waals surface area contributed by atoms with Crippen LogP contribution in [0.1, 0.15) is 33.6 Å². The van der Waals surface area contributed by atoms with Gasteiger partial charge in [0.1, 0.15) is 5.60 Å². The lowest BCUT2D eigenvalue weighted by molar-refractivity contribution is -0.146. The molecule has 0 aromatic rings. The minimum Gasteiger partial charge on any atom is -0.469 e. The first-order chi connectivity index (χ1) is 8.74. The largest absolute Gasteiger partial charge is 0.469 e. The lowest BCUT2D eigenvalue weighted by Gasteiger charge is -2.26. The van der Waals surface area contributed by atoms with Gasteiger partial charge in [0.25, 0.3) is 0 Å². The molecule has 2 atom stereocenters. The van der Waals surface area contributed by atoms with Gasteiger partial charge in [-0.3, -0.25) is 4.79 Å². The number of esters is 1. The third-order valence-corrected chi connectivity index (χ3v) is 3.11. The number of hydrogen-bond acceptors (Lipinski definition) is 5. The Morgan fingerprint density at radius 1 is 1.20 bits per heavy atom. The van der Waals surface area contributed by atoms with Crippen molar-refractivity contribution >= 4 is 24.5 Å². The van der Waals surface area contributed by atoms with Crippen LogP contribution in [0, 0.1) is 5.92 Å². The molecule has 0 aromatic carbocycles. The van der Waals surface area contributed by atoms with E-state index < -0.39 is 5.60 Å². The van der Waals surface area contributed by atoms with E-state index in [4.69, 9.17) is 15.2 Å². The summed E-state index contributed by atoms with van der Waals surface area (Å²) >= 11 is 0. The summed E-state index contributed by atoms with van der Waals surface area (Å²) in [5, 5.41) is 0. The molecule has 7 heteroatoms. The van der Waals surface area contributed by atoms with Crippen LogP contribution in [0.3, 0.4) is 0 Å². The van der Waals surface area contributed by atoms with Crippen molar-refractivity contribution in [2.24, 2.45) is 11.7 Å². The molecular weight excluding hydrogens is 284 g/mol. The molecule has 0 saturated carbocycles. The standard InChI is InChI=1S/C13H24N2O4.ClH/c1-13(2,3)19-12(17)15-7-5-9(11(16)18-4)10(14)6-8-15;/h9-10H,5-8,14H2,1-4H3;1H. The molecular formula is C13H25ClN2O4. The highest BCUT2D eigenvalue weighted by atomic mass is 35.5. The summed E-state index contributed by atoms with van der Waals surface area (Å²) in [7, 11) is 1.35. The molecule has 2 N–H and O–H groups in total. The highest BCUT2D eigenvalue weighted by molar-refractivity contribution is 5.85. The van der Waals surface area contributed by atoms with Crippen LogP contribution in [-0.2, 0) is 14.3 Å². The molecule has 2 unspecified atom stereocenters. The van der Waals surface area contributed by atoms with Crippen LogP contribution in [0.5, 0.6) is 0 Å². The summed E-state index contributed by atoms with van der Waals surface area (Å²) in [6.45, 7) is 6.44. The zero-order chi connectivity index (χ0) is 14.6. The second-order valence-corrected chi connectivity index (χ2v) is 5.84. The van der Waals surface area contributed by atoms with Crippen molar-refractivity contribution in [3.8, 4) is 0 Å². The number of amides is 1. The number of rotatable bonds is 1. The third-order valence-electron chi connectivity index (χ3n) is 3.11. The first-order valence-corrected chi connectivity index (χ1v) is 6.56. The average molecular weight is 309 g/mol. The van der Waals surface area contributed by atoms with Crippen LogP contribution in [-0.4, -0.2) is 48.8 Å². The van der Waals surface area contributed by atoms with Crippen LogP contribution < -0.4 is 5.73 Å². The molecule has 1 heterocycles. The number of ether oxygens (including phenoxy) is 2. The van der Waals surface area contributed by atoms with Gasteiger partial charge >= 0.3 is 12.1 Å². The molecule has 1 aliphatic rings. The number of carbonyl (C=O) groups is 2. The van der Waals surface area contributed by atoms with Gasteiger partial charge in [-0.05, 0) is 33.6 Å². The fraction of sp³-hybridized carbons (Fsp3) is 0.846. The van der Waals surface area contributed by atoms with Gasteiger partial charge in [-0.25, -0.2) is 4.79 Å². The molecule has 1 amide bonds. The molecule has 1 fully saturated rings. The van der Waals surface area contributed by atoms with Crippen LogP contribution in [0.25, 0.3) is 0 Å². The highest BCUT2D eigenvalue weighted by Crippen LogP contribution is 2.20. The lowest BCUT2D eigenvalue weighted by Crippen LogP contribution is -2.37. The van der Waals surface area contributed by atoms with E-state index in [1.54, 1.807) is 4.90 Å². The average Bonchev–Trinajstić information content (AvgIpc) is 2.48. The maximum Gasteiger partial charge on any atom is 0.410 e. The fourth-order valence-electron chi connectivity index (χ4n) is 2.08. The second-order valence-electron chi connectivity index (χ2n) is 5.84. The zero-order valence-electron chi connectivity index (χ0n) is 12.5. The van der Waals surface area contributed by atoms with Gasteiger partial charge < -0.3 is 20.1 Å². The van der Waals surface area contributed by atoms with Crippen molar-refractivity contribution in [1.82, 2.24) is 4.90 Å². The number of nitrogens with two attached hydrogens (primary N) is 1. The number of methoxy groups -OCH3 is 1. The first kappa shape index (κ1) is 19.0. The van der Waals surface area contributed by atoms with Crippen molar-refractivity contribution in [2.45, 2.75) is 45.3 Å². The van der Waals surface area contributed by atoms with E-state index in [1.807, 2.05) is 20.8 Å². The van der Waals surface area contributed by atoms with Crippen molar-refractivity contribution in [3.05, 3.63) is 0 Å². The molecule has 1 rings (SSSR count). The minimum absolute atomic E-state index is 0. The predicted molar refractivity (Wildman–Crippen MR) is 77.8 cm³/mol. The van der Waals surface area contributed by atoms with Crippen molar-refractivity contribution in [3.63, 3.8) is 0 Å². The van der Waals surface area contributed by atoms with E-state index in [1.165, 1.54) is 7.11 Å². The summed E-state index contributed by atoms with van der Waals surface area (Å²) in [5.41, 5.74) is 5.44. The molecule has 6 nitrogen and oxygen atoms in total. The topological polar surface area (TPSA) is 81.9 Å². The van der Waals surface area contributed by atoms with Crippen LogP contribution in [0.2, 0.25) is 0 Å². The van der Waals surface area contributed by atoms with Gasteiger partial charge in [0.05, 0.1) is 13.0 Å². The normalized spacial score (nSPS) is 23.4. The van der Waals surface area contributed by atoms with Crippen LogP contribution >= 0.6 is 12.4 Å². The van der Waals surface area contributed by atoms with Crippen LogP contribution in [0.4, 0.5) is 4.79 Å². The molecule has 20 heavy (non-hydrogen) atoms. The summed E-state index contributed by atoms with van der Waals surface area (Å²) in [6.07, 6.45) is 0.719. The molecule has 0 spiro atoms. The number of halogens is 1. The first-order valence-electron chi connectivity index (χ1n) is 6.56. The highest BCUT2D eigenvalue weighted by Gasteiger charge is 2.32. The quantitative estimate of drug-likeness (QED) is 0.743. The second kappa shape index (κ2) is 7.69. The molecule has 0 aromatic heterocycles. The molecule has 0 radical (unpaired) electrons. The Balaban J connectivity index is 0.00000361. The Labute approximate surface area is 126 Å². The summed E-state index contributed by atoms with van der Waals surface area (Å²) < 4.78 is 10.1. The van der Waals surface area contributed by atoms with Gasteiger partial charge in [0, 0.05) is 19.1 Å². The molecule has 1 saturated heterocycles. The number of hydrogen-bond donors (Lipinski definition) is 1. The van der Waals surface area contributed by atoms with E-state index >= 15 is 0 Å². The van der Waals surface area contributed by atoms with Gasteiger partial charge in [0.2, 0.25) is 0 Å². The molecule has 1 aliphatic heterocycles. The molecule has 118 valence electrons. The van der Waals surface area contributed by atoms with Gasteiger partial charge in [0.15, 0.2) is 0 Å². The predicted octanol–water partition coefficient (Wildman–Crippen LogP) is 1.56. The molecule has 0 bridgehead atoms. The van der Waals surface area contributed by atoms with E-state index in [0.29, 0.717) is 25.9 Å². The van der Waals surface area contributed by atoms with Crippen molar-refractivity contribution in [1.29, 1.82) is 0 Å². The summed E-state index contributed by atoms with van der Waals surface area (Å²) in [6, 6.07) is -0.278. The Kier molecular flexibility index (Phi) is 7.30. The van der Waals surface area contributed by atoms with Gasteiger partial charge in [-0.1, -0.05) is 0 Å². The van der Waals surface area contributed by atoms with E-state index in [0.717, 1.165) is 0 Å².